The van der Waals surface area contributed by atoms with Crippen molar-refractivity contribution in [2.24, 2.45) is 4.99 Å². The summed E-state index contributed by atoms with van der Waals surface area (Å²) in [6.07, 6.45) is 4.15. The van der Waals surface area contributed by atoms with Crippen LogP contribution < -0.4 is 0 Å². The molecular formula is C10H21NO4Si. The summed E-state index contributed by atoms with van der Waals surface area (Å²) in [4.78, 5) is 13.5. The van der Waals surface area contributed by atoms with E-state index in [0.717, 1.165) is 19.3 Å². The van der Waals surface area contributed by atoms with E-state index in [-0.39, 0.29) is 5.54 Å². The fourth-order valence-corrected chi connectivity index (χ4v) is 4.40. The molecule has 0 heterocycles. The lowest BCUT2D eigenvalue weighted by molar-refractivity contribution is 0.108. The van der Waals surface area contributed by atoms with E-state index < -0.39 is 8.80 Å². The third-order valence-corrected chi connectivity index (χ3v) is 6.14. The van der Waals surface area contributed by atoms with E-state index in [1.54, 1.807) is 21.3 Å². The van der Waals surface area contributed by atoms with Gasteiger partial charge >= 0.3 is 8.80 Å². The van der Waals surface area contributed by atoms with Crippen LogP contribution in [-0.4, -0.2) is 42.8 Å². The second kappa shape index (κ2) is 8.61. The van der Waals surface area contributed by atoms with Crippen molar-refractivity contribution in [3.05, 3.63) is 0 Å². The molecule has 0 spiro atoms. The van der Waals surface area contributed by atoms with Gasteiger partial charge in [-0.15, -0.1) is 0 Å². The van der Waals surface area contributed by atoms with Gasteiger partial charge in [0.05, 0.1) is 6.54 Å². The van der Waals surface area contributed by atoms with Gasteiger partial charge in [0.1, 0.15) is 0 Å². The third kappa shape index (κ3) is 4.15. The molecule has 0 aliphatic rings. The highest BCUT2D eigenvalue weighted by Crippen LogP contribution is 2.31. The predicted octanol–water partition coefficient (Wildman–Crippen LogP) is 1.76. The maximum atomic E-state index is 9.93. The third-order valence-electron chi connectivity index (χ3n) is 2.73. The van der Waals surface area contributed by atoms with Gasteiger partial charge in [0, 0.05) is 26.9 Å². The Balaban J connectivity index is 4.37. The summed E-state index contributed by atoms with van der Waals surface area (Å²) >= 11 is 0. The van der Waals surface area contributed by atoms with Crippen LogP contribution in [0.2, 0.25) is 5.54 Å². The molecule has 0 aliphatic carbocycles. The zero-order chi connectivity index (χ0) is 12.4. The summed E-state index contributed by atoms with van der Waals surface area (Å²) in [5.41, 5.74) is 0.245. The van der Waals surface area contributed by atoms with Crippen molar-refractivity contribution in [2.45, 2.75) is 31.7 Å². The minimum Gasteiger partial charge on any atom is -0.377 e. The minimum absolute atomic E-state index is 0.245. The summed E-state index contributed by atoms with van der Waals surface area (Å²) in [5, 5.41) is 0. The van der Waals surface area contributed by atoms with E-state index in [2.05, 4.69) is 11.9 Å². The monoisotopic (exact) mass is 247 g/mol. The first-order chi connectivity index (χ1) is 7.70. The maximum absolute atomic E-state index is 9.93. The molecule has 6 heteroatoms. The van der Waals surface area contributed by atoms with E-state index in [9.17, 15) is 4.79 Å². The molecule has 0 aromatic rings. The topological polar surface area (TPSA) is 57.1 Å². The van der Waals surface area contributed by atoms with Gasteiger partial charge in [-0.25, -0.2) is 9.79 Å². The van der Waals surface area contributed by atoms with Crippen LogP contribution in [0.5, 0.6) is 0 Å². The van der Waals surface area contributed by atoms with Crippen molar-refractivity contribution in [2.75, 3.05) is 27.9 Å². The van der Waals surface area contributed by atoms with Gasteiger partial charge in [0.25, 0.3) is 0 Å². The molecule has 94 valence electrons. The number of hydrogen-bond acceptors (Lipinski definition) is 5. The van der Waals surface area contributed by atoms with Crippen molar-refractivity contribution in [3.63, 3.8) is 0 Å². The number of aliphatic imine (C=N–C) groups is 1. The standard InChI is InChI=1S/C10H21NO4Si/c1-5-10(7-6-8-11-9-12)16(13-2,14-3)15-4/h10H,5-8H2,1-4H3. The van der Waals surface area contributed by atoms with E-state index in [1.165, 1.54) is 6.08 Å². The van der Waals surface area contributed by atoms with E-state index in [0.29, 0.717) is 6.54 Å². The predicted molar refractivity (Wildman–Crippen MR) is 63.0 cm³/mol. The van der Waals surface area contributed by atoms with Crippen LogP contribution in [0.3, 0.4) is 0 Å². The average Bonchev–Trinajstić information content (AvgIpc) is 2.34. The quantitative estimate of drug-likeness (QED) is 0.270. The Hall–Kier alpha value is -0.523. The van der Waals surface area contributed by atoms with Gasteiger partial charge in [-0.1, -0.05) is 6.92 Å². The number of hydrogen-bond donors (Lipinski definition) is 0. The van der Waals surface area contributed by atoms with Crippen molar-refractivity contribution >= 4 is 14.9 Å². The van der Waals surface area contributed by atoms with Gasteiger partial charge in [-0.2, -0.15) is 0 Å². The number of rotatable bonds is 9. The molecule has 0 saturated heterocycles. The van der Waals surface area contributed by atoms with Gasteiger partial charge in [-0.3, -0.25) is 0 Å². The smallest absolute Gasteiger partial charge is 0.377 e. The van der Waals surface area contributed by atoms with Crippen LogP contribution in [0.4, 0.5) is 0 Å². The molecule has 1 unspecified atom stereocenters. The molecule has 0 aromatic heterocycles. The Kier molecular flexibility index (Phi) is 8.33. The Labute approximate surface area is 98.2 Å². The lowest BCUT2D eigenvalue weighted by Crippen LogP contribution is -2.47. The molecule has 0 N–H and O–H groups in total. The molecule has 0 amide bonds. The summed E-state index contributed by atoms with van der Waals surface area (Å²) in [7, 11) is 2.30. The first-order valence-corrected chi connectivity index (χ1v) is 7.20. The van der Waals surface area contributed by atoms with E-state index in [4.69, 9.17) is 13.3 Å². The first-order valence-electron chi connectivity index (χ1n) is 5.39. The summed E-state index contributed by atoms with van der Waals surface area (Å²) in [5.74, 6) is 0. The highest BCUT2D eigenvalue weighted by Gasteiger charge is 2.45. The first kappa shape index (κ1) is 15.5. The van der Waals surface area contributed by atoms with Crippen LogP contribution in [-0.2, 0) is 18.1 Å². The maximum Gasteiger partial charge on any atom is 0.503 e. The molecule has 1 atom stereocenters. The zero-order valence-electron chi connectivity index (χ0n) is 10.5. The fraction of sp³-hybridized carbons (Fsp3) is 0.900. The molecule has 0 fully saturated rings. The van der Waals surface area contributed by atoms with Crippen LogP contribution >= 0.6 is 0 Å². The average molecular weight is 247 g/mol. The van der Waals surface area contributed by atoms with Crippen LogP contribution in [0.1, 0.15) is 26.2 Å². The van der Waals surface area contributed by atoms with Crippen molar-refractivity contribution in [3.8, 4) is 0 Å². The molecule has 0 radical (unpaired) electrons. The van der Waals surface area contributed by atoms with E-state index >= 15 is 0 Å². The molecule has 16 heavy (non-hydrogen) atoms. The van der Waals surface area contributed by atoms with Crippen molar-refractivity contribution in [1.82, 2.24) is 0 Å². The normalized spacial score (nSPS) is 13.2. The summed E-state index contributed by atoms with van der Waals surface area (Å²) < 4.78 is 16.3. The van der Waals surface area contributed by atoms with E-state index in [1.807, 2.05) is 0 Å². The van der Waals surface area contributed by atoms with Crippen molar-refractivity contribution in [1.29, 1.82) is 0 Å². The number of isocyanates is 1. The number of carbonyl (C=O) groups excluding carboxylic acids is 1. The lowest BCUT2D eigenvalue weighted by Gasteiger charge is -2.31. The van der Waals surface area contributed by atoms with Gasteiger partial charge < -0.3 is 13.3 Å². The fourth-order valence-electron chi connectivity index (χ4n) is 1.84. The van der Waals surface area contributed by atoms with Gasteiger partial charge in [0.15, 0.2) is 0 Å². The molecule has 0 aliphatic heterocycles. The Morgan fingerprint density at radius 1 is 1.25 bits per heavy atom. The molecule has 0 rings (SSSR count). The minimum atomic E-state index is -2.55. The Morgan fingerprint density at radius 2 is 1.81 bits per heavy atom. The molecule has 0 aromatic carbocycles. The second-order valence-electron chi connectivity index (χ2n) is 3.44. The van der Waals surface area contributed by atoms with Crippen molar-refractivity contribution < 1.29 is 18.1 Å². The molecular weight excluding hydrogens is 226 g/mol. The van der Waals surface area contributed by atoms with Crippen LogP contribution in [0.25, 0.3) is 0 Å². The van der Waals surface area contributed by atoms with Gasteiger partial charge in [-0.05, 0) is 19.3 Å². The largest absolute Gasteiger partial charge is 0.503 e. The Morgan fingerprint density at radius 3 is 2.19 bits per heavy atom. The highest BCUT2D eigenvalue weighted by molar-refractivity contribution is 6.62. The highest BCUT2D eigenvalue weighted by atomic mass is 28.4. The summed E-state index contributed by atoms with van der Waals surface area (Å²) in [6.45, 7) is 2.58. The van der Waals surface area contributed by atoms with Gasteiger partial charge in [0.2, 0.25) is 6.08 Å². The Bertz CT molecular complexity index is 219. The van der Waals surface area contributed by atoms with Crippen LogP contribution in [0.15, 0.2) is 4.99 Å². The zero-order valence-corrected chi connectivity index (χ0v) is 11.5. The molecule has 0 bridgehead atoms. The second-order valence-corrected chi connectivity index (χ2v) is 6.68. The molecule has 0 saturated carbocycles. The number of nitrogens with zero attached hydrogens (tertiary/aromatic N) is 1. The lowest BCUT2D eigenvalue weighted by atomic mass is 10.2. The molecule has 5 nitrogen and oxygen atoms in total. The summed E-state index contributed by atoms with van der Waals surface area (Å²) in [6, 6.07) is 0. The van der Waals surface area contributed by atoms with Crippen LogP contribution in [0, 0.1) is 0 Å². The SMILES string of the molecule is CCC(CCCN=C=O)[Si](OC)(OC)OC.